The molecule has 1 aromatic carbocycles. The van der Waals surface area contributed by atoms with Gasteiger partial charge in [0, 0.05) is 18.2 Å². The second-order valence-electron chi connectivity index (χ2n) is 9.16. The van der Waals surface area contributed by atoms with Gasteiger partial charge in [-0.2, -0.15) is 0 Å². The van der Waals surface area contributed by atoms with E-state index in [9.17, 15) is 9.59 Å². The van der Waals surface area contributed by atoms with Crippen molar-refractivity contribution in [3.63, 3.8) is 0 Å². The minimum Gasteiger partial charge on any atom is -0.486 e. The lowest BCUT2D eigenvalue weighted by Crippen LogP contribution is -2.37. The SMILES string of the molecule is CC(C)C(=O)NNc1cc(OC2CC[C@H](NC(=O)OC(C)(C)C)c3ccccc32)ccn1. The molecule has 172 valence electrons. The fraction of sp³-hybridized carbons (Fsp3) is 0.458. The number of aromatic nitrogens is 1. The summed E-state index contributed by atoms with van der Waals surface area (Å²) in [5, 5.41) is 2.98. The van der Waals surface area contributed by atoms with E-state index in [0.717, 1.165) is 24.0 Å². The van der Waals surface area contributed by atoms with Crippen LogP contribution in [0.4, 0.5) is 10.6 Å². The van der Waals surface area contributed by atoms with Gasteiger partial charge in [0.2, 0.25) is 5.91 Å². The largest absolute Gasteiger partial charge is 0.486 e. The van der Waals surface area contributed by atoms with Gasteiger partial charge in [-0.1, -0.05) is 38.1 Å². The second kappa shape index (κ2) is 9.89. The van der Waals surface area contributed by atoms with E-state index in [1.807, 2.05) is 58.9 Å². The quantitative estimate of drug-likeness (QED) is 0.565. The summed E-state index contributed by atoms with van der Waals surface area (Å²) in [7, 11) is 0. The highest BCUT2D eigenvalue weighted by molar-refractivity contribution is 5.79. The highest BCUT2D eigenvalue weighted by Gasteiger charge is 2.30. The van der Waals surface area contributed by atoms with E-state index in [4.69, 9.17) is 9.47 Å². The summed E-state index contributed by atoms with van der Waals surface area (Å²) in [6, 6.07) is 11.3. The molecule has 1 aliphatic carbocycles. The summed E-state index contributed by atoms with van der Waals surface area (Å²) in [6.45, 7) is 9.16. The first-order valence-electron chi connectivity index (χ1n) is 10.9. The van der Waals surface area contributed by atoms with Crippen LogP contribution in [0.25, 0.3) is 0 Å². The van der Waals surface area contributed by atoms with Crippen LogP contribution in [-0.4, -0.2) is 22.6 Å². The Kier molecular flexibility index (Phi) is 7.22. The van der Waals surface area contributed by atoms with Crippen LogP contribution >= 0.6 is 0 Å². The average Bonchev–Trinajstić information content (AvgIpc) is 2.72. The molecule has 2 atom stereocenters. The number of nitrogens with zero attached hydrogens (tertiary/aromatic N) is 1. The van der Waals surface area contributed by atoms with Gasteiger partial charge in [0.15, 0.2) is 0 Å². The maximum absolute atomic E-state index is 12.3. The summed E-state index contributed by atoms with van der Waals surface area (Å²) in [5.74, 6) is 0.871. The molecule has 0 radical (unpaired) electrons. The van der Waals surface area contributed by atoms with Crippen LogP contribution in [0.5, 0.6) is 5.75 Å². The van der Waals surface area contributed by atoms with E-state index in [0.29, 0.717) is 11.6 Å². The number of carbonyl (C=O) groups excluding carboxylic acids is 2. The zero-order chi connectivity index (χ0) is 23.3. The van der Waals surface area contributed by atoms with Gasteiger partial charge in [0.05, 0.1) is 6.04 Å². The van der Waals surface area contributed by atoms with Crippen LogP contribution in [0.1, 0.15) is 70.7 Å². The number of carbonyl (C=O) groups is 2. The molecule has 0 bridgehead atoms. The van der Waals surface area contributed by atoms with Crippen molar-refractivity contribution in [1.82, 2.24) is 15.7 Å². The van der Waals surface area contributed by atoms with Crippen LogP contribution in [-0.2, 0) is 9.53 Å². The van der Waals surface area contributed by atoms with Crippen molar-refractivity contribution in [1.29, 1.82) is 0 Å². The number of anilines is 1. The number of hydrogen-bond donors (Lipinski definition) is 3. The molecule has 2 amide bonds. The molecule has 8 nitrogen and oxygen atoms in total. The van der Waals surface area contributed by atoms with Crippen molar-refractivity contribution in [2.24, 2.45) is 5.92 Å². The first kappa shape index (κ1) is 23.4. The molecule has 0 saturated heterocycles. The highest BCUT2D eigenvalue weighted by Crippen LogP contribution is 2.39. The van der Waals surface area contributed by atoms with Gasteiger partial charge in [0.25, 0.3) is 0 Å². The van der Waals surface area contributed by atoms with Crippen LogP contribution < -0.4 is 20.9 Å². The Bertz CT molecular complexity index is 955. The molecule has 1 aliphatic rings. The summed E-state index contributed by atoms with van der Waals surface area (Å²) in [4.78, 5) is 28.3. The van der Waals surface area contributed by atoms with Crippen molar-refractivity contribution in [3.8, 4) is 5.75 Å². The Morgan fingerprint density at radius 2 is 1.81 bits per heavy atom. The van der Waals surface area contributed by atoms with Gasteiger partial charge in [-0.3, -0.25) is 15.6 Å². The third-order valence-electron chi connectivity index (χ3n) is 4.97. The highest BCUT2D eigenvalue weighted by atomic mass is 16.6. The van der Waals surface area contributed by atoms with E-state index < -0.39 is 11.7 Å². The number of alkyl carbamates (subject to hydrolysis) is 1. The van der Waals surface area contributed by atoms with Crippen molar-refractivity contribution in [3.05, 3.63) is 53.7 Å². The first-order valence-corrected chi connectivity index (χ1v) is 10.9. The maximum Gasteiger partial charge on any atom is 0.408 e. The number of ether oxygens (including phenoxy) is 2. The molecule has 0 spiro atoms. The van der Waals surface area contributed by atoms with E-state index in [1.54, 1.807) is 18.3 Å². The normalized spacial score (nSPS) is 17.8. The predicted molar refractivity (Wildman–Crippen MR) is 122 cm³/mol. The number of nitrogens with one attached hydrogen (secondary N) is 3. The molecule has 1 aromatic heterocycles. The maximum atomic E-state index is 12.3. The van der Waals surface area contributed by atoms with Crippen LogP contribution in [0.15, 0.2) is 42.6 Å². The predicted octanol–water partition coefficient (Wildman–Crippen LogP) is 4.66. The molecule has 8 heteroatoms. The van der Waals surface area contributed by atoms with E-state index >= 15 is 0 Å². The number of rotatable bonds is 6. The van der Waals surface area contributed by atoms with Gasteiger partial charge >= 0.3 is 6.09 Å². The van der Waals surface area contributed by atoms with Crippen molar-refractivity contribution < 1.29 is 19.1 Å². The molecule has 1 heterocycles. The fourth-order valence-electron chi connectivity index (χ4n) is 3.46. The molecule has 0 saturated carbocycles. The molecular formula is C24H32N4O4. The molecular weight excluding hydrogens is 408 g/mol. The minimum absolute atomic E-state index is 0.122. The van der Waals surface area contributed by atoms with Gasteiger partial charge in [-0.15, -0.1) is 0 Å². The Hall–Kier alpha value is -3.29. The Balaban J connectivity index is 1.69. The standard InChI is InChI=1S/C24H32N4O4/c1-15(2)22(29)28-27-21-14-16(12-13-25-21)31-20-11-10-19(17-8-6-7-9-18(17)20)26-23(30)32-24(3,4)5/h6-9,12-15,19-20H,10-11H2,1-5H3,(H,25,27)(H,26,30)(H,28,29)/t19-,20?/m0/s1. The summed E-state index contributed by atoms with van der Waals surface area (Å²) < 4.78 is 11.7. The van der Waals surface area contributed by atoms with E-state index in [-0.39, 0.29) is 24.0 Å². The summed E-state index contributed by atoms with van der Waals surface area (Å²) >= 11 is 0. The van der Waals surface area contributed by atoms with E-state index in [1.165, 1.54) is 0 Å². The topological polar surface area (TPSA) is 102 Å². The van der Waals surface area contributed by atoms with Crippen molar-refractivity contribution in [2.75, 3.05) is 5.43 Å². The number of fused-ring (bicyclic) bond motifs is 1. The number of amides is 2. The number of benzene rings is 1. The van der Waals surface area contributed by atoms with Gasteiger partial charge in [-0.25, -0.2) is 9.78 Å². The smallest absolute Gasteiger partial charge is 0.408 e. The van der Waals surface area contributed by atoms with Gasteiger partial charge in [-0.05, 0) is 50.8 Å². The average molecular weight is 441 g/mol. The first-order chi connectivity index (χ1) is 15.1. The Morgan fingerprint density at radius 1 is 1.09 bits per heavy atom. The molecule has 32 heavy (non-hydrogen) atoms. The van der Waals surface area contributed by atoms with Gasteiger partial charge < -0.3 is 14.8 Å². The lowest BCUT2D eigenvalue weighted by Gasteiger charge is -2.32. The molecule has 1 unspecified atom stereocenters. The lowest BCUT2D eigenvalue weighted by molar-refractivity contribution is -0.123. The Labute approximate surface area is 189 Å². The zero-order valence-corrected chi connectivity index (χ0v) is 19.3. The fourth-order valence-corrected chi connectivity index (χ4v) is 3.46. The lowest BCUT2D eigenvalue weighted by atomic mass is 9.85. The third-order valence-corrected chi connectivity index (χ3v) is 4.97. The molecule has 3 N–H and O–H groups in total. The van der Waals surface area contributed by atoms with Crippen LogP contribution in [0.2, 0.25) is 0 Å². The van der Waals surface area contributed by atoms with Crippen LogP contribution in [0, 0.1) is 5.92 Å². The number of pyridine rings is 1. The van der Waals surface area contributed by atoms with Crippen molar-refractivity contribution in [2.45, 2.75) is 65.2 Å². The molecule has 2 aromatic rings. The monoisotopic (exact) mass is 440 g/mol. The summed E-state index contributed by atoms with van der Waals surface area (Å²) in [5.41, 5.74) is 6.94. The number of hydrogen-bond acceptors (Lipinski definition) is 6. The minimum atomic E-state index is -0.550. The molecule has 0 fully saturated rings. The Morgan fingerprint density at radius 3 is 2.50 bits per heavy atom. The van der Waals surface area contributed by atoms with E-state index in [2.05, 4.69) is 21.2 Å². The molecule has 3 rings (SSSR count). The van der Waals surface area contributed by atoms with Crippen molar-refractivity contribution >= 4 is 17.8 Å². The molecule has 0 aliphatic heterocycles. The zero-order valence-electron chi connectivity index (χ0n) is 19.3. The summed E-state index contributed by atoms with van der Waals surface area (Å²) in [6.07, 6.45) is 2.49. The number of hydrazine groups is 1. The second-order valence-corrected chi connectivity index (χ2v) is 9.16. The van der Waals surface area contributed by atoms with Gasteiger partial charge in [0.1, 0.15) is 23.3 Å². The van der Waals surface area contributed by atoms with Crippen LogP contribution in [0.3, 0.4) is 0 Å². The third kappa shape index (κ3) is 6.35.